The molecule has 4 atom stereocenters. The van der Waals surface area contributed by atoms with Crippen LogP contribution in [-0.2, 0) is 30.5 Å². The average Bonchev–Trinajstić information content (AvgIpc) is 3.63. The number of rotatable bonds is 12. The van der Waals surface area contributed by atoms with Crippen LogP contribution in [0, 0.1) is 5.41 Å². The second kappa shape index (κ2) is 13.8. The summed E-state index contributed by atoms with van der Waals surface area (Å²) >= 11 is 0. The Morgan fingerprint density at radius 1 is 1.10 bits per heavy atom. The van der Waals surface area contributed by atoms with Crippen molar-refractivity contribution in [1.82, 2.24) is 20.9 Å². The van der Waals surface area contributed by atoms with E-state index in [9.17, 15) is 19.2 Å². The van der Waals surface area contributed by atoms with Gasteiger partial charge in [0.25, 0.3) is 5.91 Å². The van der Waals surface area contributed by atoms with Gasteiger partial charge in [-0.05, 0) is 36.7 Å². The maximum Gasteiger partial charge on any atom is 0.408 e. The van der Waals surface area contributed by atoms with Crippen LogP contribution in [0.2, 0.25) is 0 Å². The number of nitrogens with zero attached hydrogens (tertiary/aromatic N) is 1. The molecule has 1 heterocycles. The predicted molar refractivity (Wildman–Crippen MR) is 151 cm³/mol. The zero-order valence-corrected chi connectivity index (χ0v) is 24.3. The standard InChI is InChI=1S/C30H44N4O6/c1-7-11-22(24(39-6)27(36)31-21-14-15-21)32-26(35)23-16-19(2)17-34(23)28(37)25(30(3,4)5)33-29(38)40-18-20-12-9-8-10-13-20/h8-10,12-13,21-25H,2,7,11,14-18H2,1,3-6H3,(H,31,36)(H,32,35)(H,33,38)/t22-,23-,24?,25+/m0/s1. The average molecular weight is 557 g/mol. The molecule has 220 valence electrons. The SMILES string of the molecule is C=C1C[C@@H](C(=O)N[C@@H](CCC)C(OC)C(=O)NC2CC2)N(C(=O)[C@@H](NC(=O)OCc2ccccc2)C(C)(C)C)C1. The molecule has 40 heavy (non-hydrogen) atoms. The minimum absolute atomic E-state index is 0.0666. The smallest absolute Gasteiger partial charge is 0.408 e. The lowest BCUT2D eigenvalue weighted by atomic mass is 9.85. The van der Waals surface area contributed by atoms with E-state index in [0.717, 1.165) is 30.4 Å². The molecule has 0 spiro atoms. The van der Waals surface area contributed by atoms with E-state index in [1.165, 1.54) is 12.0 Å². The van der Waals surface area contributed by atoms with Gasteiger partial charge in [-0.3, -0.25) is 14.4 Å². The molecule has 10 heteroatoms. The minimum Gasteiger partial charge on any atom is -0.445 e. The number of hydrogen-bond acceptors (Lipinski definition) is 6. The fourth-order valence-electron chi connectivity index (χ4n) is 4.82. The van der Waals surface area contributed by atoms with Gasteiger partial charge in [-0.25, -0.2) is 4.79 Å². The number of ether oxygens (including phenoxy) is 2. The van der Waals surface area contributed by atoms with Gasteiger partial charge in [-0.2, -0.15) is 0 Å². The molecule has 1 aliphatic heterocycles. The highest BCUT2D eigenvalue weighted by molar-refractivity contribution is 5.93. The molecule has 1 saturated heterocycles. The molecule has 10 nitrogen and oxygen atoms in total. The number of carbonyl (C=O) groups is 4. The Hall–Kier alpha value is -3.40. The molecular weight excluding hydrogens is 512 g/mol. The molecule has 3 rings (SSSR count). The Bertz CT molecular complexity index is 1070. The van der Waals surface area contributed by atoms with E-state index in [4.69, 9.17) is 9.47 Å². The summed E-state index contributed by atoms with van der Waals surface area (Å²) in [6.45, 7) is 11.8. The summed E-state index contributed by atoms with van der Waals surface area (Å²) in [7, 11) is 1.45. The Morgan fingerprint density at radius 2 is 1.77 bits per heavy atom. The van der Waals surface area contributed by atoms with E-state index < -0.39 is 41.6 Å². The number of alkyl carbamates (subject to hydrolysis) is 1. The topological polar surface area (TPSA) is 126 Å². The van der Waals surface area contributed by atoms with Gasteiger partial charge in [0.15, 0.2) is 6.10 Å². The largest absolute Gasteiger partial charge is 0.445 e. The third-order valence-electron chi connectivity index (χ3n) is 7.15. The number of amides is 4. The van der Waals surface area contributed by atoms with Crippen LogP contribution in [0.5, 0.6) is 0 Å². The summed E-state index contributed by atoms with van der Waals surface area (Å²) in [5.74, 6) is -1.03. The normalized spacial score (nSPS) is 19.4. The first-order valence-electron chi connectivity index (χ1n) is 14.0. The van der Waals surface area contributed by atoms with Crippen LogP contribution in [-0.4, -0.2) is 72.6 Å². The van der Waals surface area contributed by atoms with Crippen molar-refractivity contribution in [2.24, 2.45) is 5.41 Å². The van der Waals surface area contributed by atoms with Gasteiger partial charge in [0.2, 0.25) is 11.8 Å². The van der Waals surface area contributed by atoms with Crippen molar-refractivity contribution >= 4 is 23.8 Å². The number of hydrogen-bond donors (Lipinski definition) is 3. The van der Waals surface area contributed by atoms with E-state index in [-0.39, 0.29) is 37.4 Å². The van der Waals surface area contributed by atoms with Crippen molar-refractivity contribution in [1.29, 1.82) is 0 Å². The van der Waals surface area contributed by atoms with Gasteiger partial charge in [0.1, 0.15) is 18.7 Å². The monoisotopic (exact) mass is 556 g/mol. The molecule has 4 amide bonds. The molecule has 0 radical (unpaired) electrons. The minimum atomic E-state index is -0.945. The number of benzene rings is 1. The molecule has 1 aromatic carbocycles. The van der Waals surface area contributed by atoms with Crippen molar-refractivity contribution in [3.63, 3.8) is 0 Å². The quantitative estimate of drug-likeness (QED) is 0.340. The van der Waals surface area contributed by atoms with Crippen molar-refractivity contribution in [2.75, 3.05) is 13.7 Å². The van der Waals surface area contributed by atoms with Crippen LogP contribution >= 0.6 is 0 Å². The van der Waals surface area contributed by atoms with Crippen LogP contribution in [0.1, 0.15) is 65.4 Å². The van der Waals surface area contributed by atoms with Crippen LogP contribution in [0.3, 0.4) is 0 Å². The summed E-state index contributed by atoms with van der Waals surface area (Å²) in [6, 6.07) is 7.09. The van der Waals surface area contributed by atoms with Crippen LogP contribution < -0.4 is 16.0 Å². The van der Waals surface area contributed by atoms with Gasteiger partial charge in [-0.15, -0.1) is 0 Å². The predicted octanol–water partition coefficient (Wildman–Crippen LogP) is 3.06. The van der Waals surface area contributed by atoms with Crippen LogP contribution in [0.4, 0.5) is 4.79 Å². The van der Waals surface area contributed by atoms with Gasteiger partial charge < -0.3 is 30.3 Å². The second-order valence-electron chi connectivity index (χ2n) is 11.8. The van der Waals surface area contributed by atoms with Gasteiger partial charge >= 0.3 is 6.09 Å². The maximum absolute atomic E-state index is 13.8. The summed E-state index contributed by atoms with van der Waals surface area (Å²) in [4.78, 5) is 54.4. The lowest BCUT2D eigenvalue weighted by Gasteiger charge is -2.35. The van der Waals surface area contributed by atoms with Crippen LogP contribution in [0.15, 0.2) is 42.5 Å². The summed E-state index contributed by atoms with van der Waals surface area (Å²) in [6.07, 6.45) is 1.86. The van der Waals surface area contributed by atoms with Crippen molar-refractivity contribution < 1.29 is 28.7 Å². The molecule has 1 aromatic rings. The number of likely N-dealkylation sites (tertiary alicyclic amines) is 1. The Kier molecular flexibility index (Phi) is 10.7. The fourth-order valence-corrected chi connectivity index (χ4v) is 4.82. The first kappa shape index (κ1) is 31.1. The molecular formula is C30H44N4O6. The molecule has 0 aromatic heterocycles. The van der Waals surface area contributed by atoms with E-state index in [2.05, 4.69) is 22.5 Å². The third kappa shape index (κ3) is 8.55. The summed E-state index contributed by atoms with van der Waals surface area (Å²) in [5.41, 5.74) is 0.890. The molecule has 1 aliphatic carbocycles. The molecule has 2 aliphatic rings. The summed E-state index contributed by atoms with van der Waals surface area (Å²) < 4.78 is 10.9. The Labute approximate surface area is 237 Å². The van der Waals surface area contributed by atoms with Crippen molar-refractivity contribution in [2.45, 2.75) is 96.7 Å². The first-order chi connectivity index (χ1) is 18.9. The second-order valence-corrected chi connectivity index (χ2v) is 11.8. The number of nitrogens with one attached hydrogen (secondary N) is 3. The highest BCUT2D eigenvalue weighted by Gasteiger charge is 2.44. The molecule has 0 bridgehead atoms. The Balaban J connectivity index is 1.71. The molecule has 3 N–H and O–H groups in total. The van der Waals surface area contributed by atoms with E-state index in [1.807, 2.05) is 58.0 Å². The fraction of sp³-hybridized carbons (Fsp3) is 0.600. The van der Waals surface area contributed by atoms with E-state index >= 15 is 0 Å². The summed E-state index contributed by atoms with van der Waals surface area (Å²) in [5, 5.41) is 8.64. The first-order valence-corrected chi connectivity index (χ1v) is 14.0. The molecule has 1 unspecified atom stereocenters. The highest BCUT2D eigenvalue weighted by Crippen LogP contribution is 2.28. The van der Waals surface area contributed by atoms with Gasteiger partial charge in [-0.1, -0.05) is 76.6 Å². The van der Waals surface area contributed by atoms with Gasteiger partial charge in [0.05, 0.1) is 6.04 Å². The lowest BCUT2D eigenvalue weighted by Crippen LogP contribution is -2.59. The number of carbonyl (C=O) groups excluding carboxylic acids is 4. The number of methoxy groups -OCH3 is 1. The third-order valence-corrected chi connectivity index (χ3v) is 7.15. The lowest BCUT2D eigenvalue weighted by molar-refractivity contribution is -0.143. The van der Waals surface area contributed by atoms with Crippen molar-refractivity contribution in [3.05, 3.63) is 48.0 Å². The van der Waals surface area contributed by atoms with E-state index in [1.54, 1.807) is 0 Å². The van der Waals surface area contributed by atoms with Crippen LogP contribution in [0.25, 0.3) is 0 Å². The Morgan fingerprint density at radius 3 is 2.35 bits per heavy atom. The highest BCUT2D eigenvalue weighted by atomic mass is 16.5. The van der Waals surface area contributed by atoms with Gasteiger partial charge in [0, 0.05) is 19.7 Å². The zero-order chi connectivity index (χ0) is 29.4. The zero-order valence-electron chi connectivity index (χ0n) is 24.3. The van der Waals surface area contributed by atoms with E-state index in [0.29, 0.717) is 6.42 Å². The maximum atomic E-state index is 13.8. The molecule has 2 fully saturated rings. The van der Waals surface area contributed by atoms with Crippen molar-refractivity contribution in [3.8, 4) is 0 Å². The molecule has 1 saturated carbocycles.